The second-order valence-electron chi connectivity index (χ2n) is 7.17. The van der Waals surface area contributed by atoms with Gasteiger partial charge in [0.25, 0.3) is 0 Å². The SMILES string of the molecule is OCC1(CCCc2ccccc2)CCCN(Cc2cccnc2)C1. The van der Waals surface area contributed by atoms with Crippen LogP contribution in [-0.2, 0) is 13.0 Å². The van der Waals surface area contributed by atoms with E-state index in [-0.39, 0.29) is 5.41 Å². The molecule has 2 heterocycles. The number of aryl methyl sites for hydroxylation is 1. The van der Waals surface area contributed by atoms with E-state index in [0.29, 0.717) is 6.61 Å². The van der Waals surface area contributed by atoms with Crippen molar-refractivity contribution in [2.75, 3.05) is 19.7 Å². The Morgan fingerprint density at radius 3 is 2.67 bits per heavy atom. The van der Waals surface area contributed by atoms with E-state index in [9.17, 15) is 5.11 Å². The molecule has 24 heavy (non-hydrogen) atoms. The van der Waals surface area contributed by atoms with Gasteiger partial charge in [0.05, 0.1) is 0 Å². The van der Waals surface area contributed by atoms with Crippen LogP contribution >= 0.6 is 0 Å². The Balaban J connectivity index is 1.55. The molecule has 1 aromatic carbocycles. The van der Waals surface area contributed by atoms with E-state index in [0.717, 1.165) is 45.3 Å². The minimum atomic E-state index is 0.0647. The number of pyridine rings is 1. The Kier molecular flexibility index (Phi) is 6.00. The third kappa shape index (κ3) is 4.65. The van der Waals surface area contributed by atoms with Crippen molar-refractivity contribution in [1.82, 2.24) is 9.88 Å². The number of hydrogen-bond acceptors (Lipinski definition) is 3. The standard InChI is InChI=1S/C21H28N2O/c24-18-21(11-4-9-19-7-2-1-3-8-19)12-6-14-23(17-21)16-20-10-5-13-22-15-20/h1-3,5,7-8,10,13,15,24H,4,6,9,11-12,14,16-18H2. The molecule has 3 rings (SSSR count). The van der Waals surface area contributed by atoms with E-state index in [1.807, 2.05) is 18.5 Å². The number of rotatable bonds is 7. The van der Waals surface area contributed by atoms with Crippen LogP contribution in [0.25, 0.3) is 0 Å². The Labute approximate surface area is 145 Å². The number of piperidine rings is 1. The molecule has 1 aliphatic rings. The molecule has 1 fully saturated rings. The molecule has 0 spiro atoms. The van der Waals surface area contributed by atoms with Crippen LogP contribution in [0.2, 0.25) is 0 Å². The summed E-state index contributed by atoms with van der Waals surface area (Å²) in [6.07, 6.45) is 9.43. The Morgan fingerprint density at radius 2 is 1.92 bits per heavy atom. The van der Waals surface area contributed by atoms with Crippen LogP contribution in [0.3, 0.4) is 0 Å². The van der Waals surface area contributed by atoms with Crippen LogP contribution in [0.15, 0.2) is 54.9 Å². The summed E-state index contributed by atoms with van der Waals surface area (Å²) >= 11 is 0. The first-order valence-corrected chi connectivity index (χ1v) is 9.06. The first-order chi connectivity index (χ1) is 11.8. The van der Waals surface area contributed by atoms with Gasteiger partial charge in [-0.1, -0.05) is 36.4 Å². The van der Waals surface area contributed by atoms with Crippen molar-refractivity contribution < 1.29 is 5.11 Å². The summed E-state index contributed by atoms with van der Waals surface area (Å²) < 4.78 is 0. The average Bonchev–Trinajstić information content (AvgIpc) is 2.64. The molecule has 128 valence electrons. The molecule has 3 heteroatoms. The van der Waals surface area contributed by atoms with Crippen molar-refractivity contribution >= 4 is 0 Å². The summed E-state index contributed by atoms with van der Waals surface area (Å²) in [4.78, 5) is 6.70. The summed E-state index contributed by atoms with van der Waals surface area (Å²) in [7, 11) is 0. The lowest BCUT2D eigenvalue weighted by atomic mass is 9.76. The van der Waals surface area contributed by atoms with E-state index >= 15 is 0 Å². The van der Waals surface area contributed by atoms with Gasteiger partial charge >= 0.3 is 0 Å². The van der Waals surface area contributed by atoms with E-state index in [2.05, 4.69) is 46.3 Å². The molecule has 3 nitrogen and oxygen atoms in total. The predicted octanol–water partition coefficient (Wildman–Crippen LogP) is 3.68. The molecule has 1 atom stereocenters. The van der Waals surface area contributed by atoms with Gasteiger partial charge in [-0.25, -0.2) is 0 Å². The number of aliphatic hydroxyl groups excluding tert-OH is 1. The summed E-state index contributed by atoms with van der Waals surface area (Å²) in [5.74, 6) is 0. The maximum absolute atomic E-state index is 10.1. The van der Waals surface area contributed by atoms with Crippen molar-refractivity contribution in [2.45, 2.75) is 38.6 Å². The molecule has 2 aromatic rings. The lowest BCUT2D eigenvalue weighted by Crippen LogP contribution is -2.45. The van der Waals surface area contributed by atoms with Gasteiger partial charge in [-0.2, -0.15) is 0 Å². The van der Waals surface area contributed by atoms with Crippen LogP contribution in [-0.4, -0.2) is 34.7 Å². The molecule has 0 saturated carbocycles. The molecule has 1 saturated heterocycles. The van der Waals surface area contributed by atoms with Gasteiger partial charge in [-0.15, -0.1) is 0 Å². The molecule has 0 amide bonds. The highest BCUT2D eigenvalue weighted by atomic mass is 16.3. The highest BCUT2D eigenvalue weighted by Crippen LogP contribution is 2.35. The fraction of sp³-hybridized carbons (Fsp3) is 0.476. The lowest BCUT2D eigenvalue weighted by molar-refractivity contribution is 0.0207. The zero-order chi connectivity index (χ0) is 16.7. The smallest absolute Gasteiger partial charge is 0.0499 e. The van der Waals surface area contributed by atoms with Crippen LogP contribution in [0, 0.1) is 5.41 Å². The molecule has 0 bridgehead atoms. The average molecular weight is 324 g/mol. The maximum atomic E-state index is 10.1. The first-order valence-electron chi connectivity index (χ1n) is 9.06. The molecule has 1 aliphatic heterocycles. The summed E-state index contributed by atoms with van der Waals surface area (Å²) in [6, 6.07) is 14.8. The minimum Gasteiger partial charge on any atom is -0.396 e. The minimum absolute atomic E-state index is 0.0647. The molecular formula is C21H28N2O. The van der Waals surface area contributed by atoms with Gasteiger partial charge in [0.1, 0.15) is 0 Å². The zero-order valence-electron chi connectivity index (χ0n) is 14.4. The largest absolute Gasteiger partial charge is 0.396 e. The van der Waals surface area contributed by atoms with Crippen LogP contribution in [0.4, 0.5) is 0 Å². The zero-order valence-corrected chi connectivity index (χ0v) is 14.4. The Morgan fingerprint density at radius 1 is 1.08 bits per heavy atom. The summed E-state index contributed by atoms with van der Waals surface area (Å²) in [6.45, 7) is 3.35. The van der Waals surface area contributed by atoms with Crippen molar-refractivity contribution in [1.29, 1.82) is 0 Å². The molecule has 1 aromatic heterocycles. The molecule has 0 radical (unpaired) electrons. The first kappa shape index (κ1) is 17.1. The van der Waals surface area contributed by atoms with Crippen molar-refractivity contribution in [2.24, 2.45) is 5.41 Å². The van der Waals surface area contributed by atoms with Gasteiger partial charge < -0.3 is 5.11 Å². The highest BCUT2D eigenvalue weighted by Gasteiger charge is 2.34. The lowest BCUT2D eigenvalue weighted by Gasteiger charge is -2.42. The van der Waals surface area contributed by atoms with Gasteiger partial charge in [0.15, 0.2) is 0 Å². The summed E-state index contributed by atoms with van der Waals surface area (Å²) in [5.41, 5.74) is 2.72. The number of hydrogen-bond donors (Lipinski definition) is 1. The third-order valence-electron chi connectivity index (χ3n) is 5.22. The Hall–Kier alpha value is -1.71. The van der Waals surface area contributed by atoms with E-state index in [1.165, 1.54) is 17.5 Å². The highest BCUT2D eigenvalue weighted by molar-refractivity contribution is 5.14. The normalized spacial score (nSPS) is 21.7. The number of aliphatic hydroxyl groups is 1. The Bertz CT molecular complexity index is 602. The monoisotopic (exact) mass is 324 g/mol. The molecular weight excluding hydrogens is 296 g/mol. The molecule has 1 unspecified atom stereocenters. The summed E-state index contributed by atoms with van der Waals surface area (Å²) in [5, 5.41) is 10.1. The quantitative estimate of drug-likeness (QED) is 0.844. The van der Waals surface area contributed by atoms with Gasteiger partial charge in [0, 0.05) is 37.5 Å². The van der Waals surface area contributed by atoms with Crippen molar-refractivity contribution in [3.05, 3.63) is 66.0 Å². The number of likely N-dealkylation sites (tertiary alicyclic amines) is 1. The van der Waals surface area contributed by atoms with Crippen LogP contribution in [0.5, 0.6) is 0 Å². The predicted molar refractivity (Wildman–Crippen MR) is 97.6 cm³/mol. The second kappa shape index (κ2) is 8.41. The van der Waals surface area contributed by atoms with Crippen molar-refractivity contribution in [3.8, 4) is 0 Å². The van der Waals surface area contributed by atoms with Gasteiger partial charge in [-0.3, -0.25) is 9.88 Å². The van der Waals surface area contributed by atoms with E-state index < -0.39 is 0 Å². The molecule has 0 aliphatic carbocycles. The van der Waals surface area contributed by atoms with Gasteiger partial charge in [0.2, 0.25) is 0 Å². The number of aromatic nitrogens is 1. The maximum Gasteiger partial charge on any atom is 0.0499 e. The third-order valence-corrected chi connectivity index (χ3v) is 5.22. The number of benzene rings is 1. The molecule has 1 N–H and O–H groups in total. The fourth-order valence-corrected chi connectivity index (χ4v) is 3.92. The number of nitrogens with zero attached hydrogens (tertiary/aromatic N) is 2. The van der Waals surface area contributed by atoms with Crippen LogP contribution in [0.1, 0.15) is 36.8 Å². The topological polar surface area (TPSA) is 36.4 Å². The van der Waals surface area contributed by atoms with E-state index in [4.69, 9.17) is 0 Å². The van der Waals surface area contributed by atoms with E-state index in [1.54, 1.807) is 0 Å². The van der Waals surface area contributed by atoms with Crippen LogP contribution < -0.4 is 0 Å². The van der Waals surface area contributed by atoms with Crippen molar-refractivity contribution in [3.63, 3.8) is 0 Å². The van der Waals surface area contributed by atoms with Gasteiger partial charge in [-0.05, 0) is 55.8 Å². The fourth-order valence-electron chi connectivity index (χ4n) is 3.92. The second-order valence-corrected chi connectivity index (χ2v) is 7.17.